The third-order valence-corrected chi connectivity index (χ3v) is 3.56. The van der Waals surface area contributed by atoms with Crippen molar-refractivity contribution < 1.29 is 5.11 Å². The molecule has 0 atom stereocenters. The van der Waals surface area contributed by atoms with Crippen LogP contribution in [0, 0.1) is 0 Å². The average Bonchev–Trinajstić information content (AvgIpc) is 2.63. The number of halogens is 1. The van der Waals surface area contributed by atoms with E-state index < -0.39 is 0 Å². The van der Waals surface area contributed by atoms with E-state index in [0.717, 1.165) is 16.0 Å². The summed E-state index contributed by atoms with van der Waals surface area (Å²) in [5, 5.41) is 14.8. The average molecular weight is 284 g/mol. The zero-order valence-corrected chi connectivity index (χ0v) is 10.3. The molecule has 0 saturated heterocycles. The molecular formula is C11H10BrNOS. The number of benzene rings is 1. The van der Waals surface area contributed by atoms with Crippen LogP contribution in [0.4, 0.5) is 5.69 Å². The van der Waals surface area contributed by atoms with E-state index in [2.05, 4.69) is 32.7 Å². The fourth-order valence-electron chi connectivity index (χ4n) is 1.26. The summed E-state index contributed by atoms with van der Waals surface area (Å²) in [4.78, 5) is 0. The molecule has 0 aliphatic heterocycles. The number of thiophene rings is 1. The van der Waals surface area contributed by atoms with Gasteiger partial charge in [0.05, 0.1) is 9.47 Å². The first-order valence-corrected chi connectivity index (χ1v) is 6.18. The van der Waals surface area contributed by atoms with Crippen molar-refractivity contribution in [2.75, 3.05) is 5.32 Å². The number of hydrogen-bond donors (Lipinski definition) is 2. The maximum absolute atomic E-state index is 9.52. The van der Waals surface area contributed by atoms with Crippen molar-refractivity contribution in [2.24, 2.45) is 0 Å². The SMILES string of the molecule is Oc1ccccc1NCc1csc(Br)c1. The number of nitrogens with one attached hydrogen (secondary N) is 1. The number of para-hydroxylation sites is 2. The van der Waals surface area contributed by atoms with E-state index in [4.69, 9.17) is 0 Å². The molecule has 0 saturated carbocycles. The van der Waals surface area contributed by atoms with E-state index in [9.17, 15) is 5.11 Å². The van der Waals surface area contributed by atoms with E-state index in [1.54, 1.807) is 17.4 Å². The molecule has 0 aliphatic rings. The summed E-state index contributed by atoms with van der Waals surface area (Å²) in [5.74, 6) is 0.284. The van der Waals surface area contributed by atoms with Gasteiger partial charge in [-0.05, 0) is 45.1 Å². The first-order chi connectivity index (χ1) is 7.25. The quantitative estimate of drug-likeness (QED) is 0.840. The molecule has 0 unspecified atom stereocenters. The van der Waals surface area contributed by atoms with Gasteiger partial charge >= 0.3 is 0 Å². The van der Waals surface area contributed by atoms with E-state index in [1.165, 1.54) is 5.56 Å². The van der Waals surface area contributed by atoms with Gasteiger partial charge < -0.3 is 10.4 Å². The molecule has 15 heavy (non-hydrogen) atoms. The van der Waals surface area contributed by atoms with Gasteiger partial charge in [-0.25, -0.2) is 0 Å². The highest BCUT2D eigenvalue weighted by molar-refractivity contribution is 9.11. The highest BCUT2D eigenvalue weighted by atomic mass is 79.9. The smallest absolute Gasteiger partial charge is 0.138 e. The molecule has 0 bridgehead atoms. The maximum atomic E-state index is 9.52. The lowest BCUT2D eigenvalue weighted by molar-refractivity contribution is 0.477. The number of rotatable bonds is 3. The monoisotopic (exact) mass is 283 g/mol. The largest absolute Gasteiger partial charge is 0.506 e. The van der Waals surface area contributed by atoms with E-state index in [1.807, 2.05) is 18.2 Å². The highest BCUT2D eigenvalue weighted by Gasteiger charge is 2.00. The second-order valence-electron chi connectivity index (χ2n) is 3.13. The minimum atomic E-state index is 0.284. The number of phenols is 1. The lowest BCUT2D eigenvalue weighted by Crippen LogP contribution is -1.97. The third-order valence-electron chi connectivity index (χ3n) is 2.01. The van der Waals surface area contributed by atoms with Gasteiger partial charge in [0.1, 0.15) is 5.75 Å². The summed E-state index contributed by atoms with van der Waals surface area (Å²) < 4.78 is 1.12. The van der Waals surface area contributed by atoms with E-state index in [0.29, 0.717) is 0 Å². The molecule has 0 aliphatic carbocycles. The van der Waals surface area contributed by atoms with Crippen LogP contribution in [-0.4, -0.2) is 5.11 Å². The molecular weight excluding hydrogens is 274 g/mol. The Kier molecular flexibility index (Phi) is 3.28. The Bertz CT molecular complexity index is 455. The third kappa shape index (κ3) is 2.73. The van der Waals surface area contributed by atoms with Crippen LogP contribution in [0.3, 0.4) is 0 Å². The van der Waals surface area contributed by atoms with Crippen LogP contribution in [0.15, 0.2) is 39.5 Å². The van der Waals surface area contributed by atoms with Gasteiger partial charge in [-0.2, -0.15) is 0 Å². The summed E-state index contributed by atoms with van der Waals surface area (Å²) in [6.45, 7) is 0.722. The molecule has 2 aromatic rings. The molecule has 0 fully saturated rings. The fraction of sp³-hybridized carbons (Fsp3) is 0.0909. The van der Waals surface area contributed by atoms with Gasteiger partial charge in [0.2, 0.25) is 0 Å². The topological polar surface area (TPSA) is 32.3 Å². The van der Waals surface area contributed by atoms with Crippen molar-refractivity contribution in [3.63, 3.8) is 0 Å². The Morgan fingerprint density at radius 3 is 2.80 bits per heavy atom. The number of hydrogen-bond acceptors (Lipinski definition) is 3. The first kappa shape index (κ1) is 10.5. The fourth-order valence-corrected chi connectivity index (χ4v) is 2.47. The molecule has 4 heteroatoms. The summed E-state index contributed by atoms with van der Waals surface area (Å²) in [6, 6.07) is 9.30. The Balaban J connectivity index is 2.02. The second kappa shape index (κ2) is 4.68. The molecule has 0 amide bonds. The predicted octanol–water partition coefficient (Wildman–Crippen LogP) is 3.83. The van der Waals surface area contributed by atoms with Gasteiger partial charge in [0.25, 0.3) is 0 Å². The van der Waals surface area contributed by atoms with Crippen LogP contribution in [0.5, 0.6) is 5.75 Å². The minimum absolute atomic E-state index is 0.284. The Morgan fingerprint density at radius 1 is 1.33 bits per heavy atom. The van der Waals surface area contributed by atoms with Crippen molar-refractivity contribution >= 4 is 33.0 Å². The van der Waals surface area contributed by atoms with Gasteiger partial charge in [0.15, 0.2) is 0 Å². The predicted molar refractivity (Wildman–Crippen MR) is 67.5 cm³/mol. The van der Waals surface area contributed by atoms with Crippen molar-refractivity contribution in [1.29, 1.82) is 0 Å². The second-order valence-corrected chi connectivity index (χ2v) is 5.42. The van der Waals surface area contributed by atoms with Crippen LogP contribution < -0.4 is 5.32 Å². The van der Waals surface area contributed by atoms with Crippen molar-refractivity contribution in [2.45, 2.75) is 6.54 Å². The zero-order valence-electron chi connectivity index (χ0n) is 7.90. The summed E-state index contributed by atoms with van der Waals surface area (Å²) in [5.41, 5.74) is 1.97. The van der Waals surface area contributed by atoms with Crippen LogP contribution in [-0.2, 0) is 6.54 Å². The van der Waals surface area contributed by atoms with Gasteiger partial charge in [-0.3, -0.25) is 0 Å². The van der Waals surface area contributed by atoms with Crippen molar-refractivity contribution in [1.82, 2.24) is 0 Å². The molecule has 2 N–H and O–H groups in total. The molecule has 1 heterocycles. The van der Waals surface area contributed by atoms with Crippen molar-refractivity contribution in [3.8, 4) is 5.75 Å². The van der Waals surface area contributed by atoms with Crippen LogP contribution in [0.1, 0.15) is 5.56 Å². The van der Waals surface area contributed by atoms with Gasteiger partial charge in [0, 0.05) is 6.54 Å². The molecule has 2 rings (SSSR count). The molecule has 78 valence electrons. The van der Waals surface area contributed by atoms with Gasteiger partial charge in [-0.15, -0.1) is 11.3 Å². The van der Waals surface area contributed by atoms with Gasteiger partial charge in [-0.1, -0.05) is 12.1 Å². The normalized spacial score (nSPS) is 10.2. The highest BCUT2D eigenvalue weighted by Crippen LogP contribution is 2.24. The maximum Gasteiger partial charge on any atom is 0.138 e. The lowest BCUT2D eigenvalue weighted by atomic mass is 10.2. The number of phenolic OH excluding ortho intramolecular Hbond substituents is 1. The Morgan fingerprint density at radius 2 is 2.13 bits per heavy atom. The molecule has 1 aromatic carbocycles. The minimum Gasteiger partial charge on any atom is -0.506 e. The van der Waals surface area contributed by atoms with Crippen LogP contribution >= 0.6 is 27.3 Å². The lowest BCUT2D eigenvalue weighted by Gasteiger charge is -2.06. The van der Waals surface area contributed by atoms with Crippen LogP contribution in [0.2, 0.25) is 0 Å². The zero-order chi connectivity index (χ0) is 10.7. The first-order valence-electron chi connectivity index (χ1n) is 4.50. The van der Waals surface area contributed by atoms with E-state index >= 15 is 0 Å². The number of aromatic hydroxyl groups is 1. The summed E-state index contributed by atoms with van der Waals surface area (Å²) in [6.07, 6.45) is 0. The molecule has 1 aromatic heterocycles. The molecule has 0 radical (unpaired) electrons. The Labute approximate surface area is 101 Å². The number of anilines is 1. The van der Waals surface area contributed by atoms with Crippen LogP contribution in [0.25, 0.3) is 0 Å². The summed E-state index contributed by atoms with van der Waals surface area (Å²) >= 11 is 5.07. The molecule has 0 spiro atoms. The molecule has 2 nitrogen and oxygen atoms in total. The van der Waals surface area contributed by atoms with E-state index in [-0.39, 0.29) is 5.75 Å². The summed E-state index contributed by atoms with van der Waals surface area (Å²) in [7, 11) is 0. The van der Waals surface area contributed by atoms with Crippen molar-refractivity contribution in [3.05, 3.63) is 45.1 Å². The standard InChI is InChI=1S/C11H10BrNOS/c12-11-5-8(7-15-11)6-13-9-3-1-2-4-10(9)14/h1-5,7,13-14H,6H2. The Hall–Kier alpha value is -1.00.